The summed E-state index contributed by atoms with van der Waals surface area (Å²) >= 11 is 0. The molecule has 2 aromatic heterocycles. The summed E-state index contributed by atoms with van der Waals surface area (Å²) < 4.78 is 35.9. The number of ether oxygens (including phenoxy) is 1. The van der Waals surface area contributed by atoms with Crippen LogP contribution in [0.1, 0.15) is 58.3 Å². The number of nitrogens with zero attached hydrogens (tertiary/aromatic N) is 4. The summed E-state index contributed by atoms with van der Waals surface area (Å²) in [7, 11) is -5.08. The minimum Gasteiger partial charge on any atom is -0.467 e. The van der Waals surface area contributed by atoms with Gasteiger partial charge in [0.25, 0.3) is 15.9 Å². The van der Waals surface area contributed by atoms with E-state index in [4.69, 9.17) is 9.72 Å². The molecule has 11 heteroatoms. The molecule has 1 fully saturated rings. The number of hydrogen-bond acceptors (Lipinski definition) is 7. The molecule has 9 nitrogen and oxygen atoms in total. The number of nitrogens with one attached hydrogen (secondary N) is 1. The van der Waals surface area contributed by atoms with Gasteiger partial charge < -0.3 is 9.64 Å². The van der Waals surface area contributed by atoms with E-state index < -0.39 is 26.0 Å². The average Bonchev–Trinajstić information content (AvgIpc) is 3.45. The fourth-order valence-electron chi connectivity index (χ4n) is 4.64. The SMILES string of the molecule is C[C@@H]1CN(c2nc(-n3ccc(OCS(C)(C)C(C)(C)C)n3)ccc2C(=O)NS(=O)(=O)c2ccccc2)C(C)(C)C1. The van der Waals surface area contributed by atoms with Gasteiger partial charge in [0.1, 0.15) is 11.8 Å². The van der Waals surface area contributed by atoms with E-state index >= 15 is 0 Å². The molecule has 40 heavy (non-hydrogen) atoms. The molecule has 1 atom stereocenters. The van der Waals surface area contributed by atoms with Gasteiger partial charge in [-0.2, -0.15) is 0 Å². The predicted molar refractivity (Wildman–Crippen MR) is 162 cm³/mol. The number of benzene rings is 1. The van der Waals surface area contributed by atoms with Crippen molar-refractivity contribution < 1.29 is 17.9 Å². The van der Waals surface area contributed by atoms with E-state index in [1.54, 1.807) is 47.3 Å². The largest absolute Gasteiger partial charge is 0.467 e. The third-order valence-corrected chi connectivity index (χ3v) is 13.0. The van der Waals surface area contributed by atoms with Crippen molar-refractivity contribution in [2.75, 3.05) is 29.9 Å². The van der Waals surface area contributed by atoms with Gasteiger partial charge in [0.2, 0.25) is 5.88 Å². The maximum atomic E-state index is 13.4. The number of pyridine rings is 1. The topological polar surface area (TPSA) is 106 Å². The molecule has 1 aliphatic heterocycles. The van der Waals surface area contributed by atoms with Crippen LogP contribution in [0.4, 0.5) is 5.82 Å². The molecule has 1 aliphatic rings. The highest BCUT2D eigenvalue weighted by molar-refractivity contribution is 8.33. The van der Waals surface area contributed by atoms with Gasteiger partial charge in [-0.1, -0.05) is 45.9 Å². The minimum atomic E-state index is -4.05. The normalized spacial score (nSPS) is 18.0. The monoisotopic (exact) mass is 587 g/mol. The molecular formula is C29H41N5O4S2. The molecule has 0 aliphatic carbocycles. The van der Waals surface area contributed by atoms with Crippen molar-refractivity contribution in [2.45, 2.75) is 63.1 Å². The molecule has 3 aromatic rings. The second-order valence-corrected chi connectivity index (χ2v) is 18.8. The number of anilines is 1. The zero-order valence-corrected chi connectivity index (χ0v) is 26.3. The molecule has 218 valence electrons. The average molecular weight is 588 g/mol. The lowest BCUT2D eigenvalue weighted by Gasteiger charge is -2.43. The van der Waals surface area contributed by atoms with Gasteiger partial charge in [-0.25, -0.2) is 32.8 Å². The lowest BCUT2D eigenvalue weighted by Crippen LogP contribution is -2.41. The lowest BCUT2D eigenvalue weighted by molar-refractivity contribution is 0.0981. The molecule has 1 amide bonds. The molecule has 0 bridgehead atoms. The molecule has 3 heterocycles. The van der Waals surface area contributed by atoms with Crippen LogP contribution in [0.15, 0.2) is 59.6 Å². The maximum absolute atomic E-state index is 13.4. The second kappa shape index (κ2) is 10.7. The van der Waals surface area contributed by atoms with Gasteiger partial charge in [-0.15, -0.1) is 5.10 Å². The molecule has 0 radical (unpaired) electrons. The van der Waals surface area contributed by atoms with Crippen LogP contribution in [0.25, 0.3) is 5.82 Å². The summed E-state index contributed by atoms with van der Waals surface area (Å²) in [5.74, 6) is 1.65. The Balaban J connectivity index is 1.67. The van der Waals surface area contributed by atoms with E-state index in [1.807, 2.05) is 0 Å². The summed E-state index contributed by atoms with van der Waals surface area (Å²) in [4.78, 5) is 20.4. The molecule has 0 saturated carbocycles. The first-order valence-electron chi connectivity index (χ1n) is 13.3. The van der Waals surface area contributed by atoms with Crippen LogP contribution in [0.3, 0.4) is 0 Å². The second-order valence-electron chi connectivity index (χ2n) is 12.5. The molecule has 1 aromatic carbocycles. The Morgan fingerprint density at radius 2 is 1.77 bits per heavy atom. The summed E-state index contributed by atoms with van der Waals surface area (Å²) in [5.41, 5.74) is -0.0949. The predicted octanol–water partition coefficient (Wildman–Crippen LogP) is 5.21. The van der Waals surface area contributed by atoms with Crippen molar-refractivity contribution in [3.8, 4) is 11.7 Å². The third kappa shape index (κ3) is 6.30. The Labute approximate surface area is 239 Å². The van der Waals surface area contributed by atoms with Gasteiger partial charge in [0.15, 0.2) is 5.82 Å². The highest BCUT2D eigenvalue weighted by Crippen LogP contribution is 2.52. The van der Waals surface area contributed by atoms with E-state index in [0.717, 1.165) is 6.42 Å². The standard InChI is InChI=1S/C29H41N5O4S2/c1-21-18-29(5,6)33(19-21)26-23(27(35)32-40(36,37)22-12-10-9-11-13-22)14-15-24(30-26)34-17-16-25(31-34)38-20-39(7,8)28(2,3)4/h9-17,21H,18-20H2,1-8H3,(H,32,35)/t21-/m0/s1. The van der Waals surface area contributed by atoms with Crippen molar-refractivity contribution in [3.05, 3.63) is 60.3 Å². The highest BCUT2D eigenvalue weighted by Gasteiger charge is 2.39. The Morgan fingerprint density at radius 1 is 1.10 bits per heavy atom. The lowest BCUT2D eigenvalue weighted by atomic mass is 9.97. The first-order chi connectivity index (χ1) is 18.5. The highest BCUT2D eigenvalue weighted by atomic mass is 32.3. The van der Waals surface area contributed by atoms with E-state index in [-0.39, 0.29) is 20.7 Å². The molecule has 1 N–H and O–H groups in total. The van der Waals surface area contributed by atoms with Gasteiger partial charge in [0.05, 0.1) is 10.5 Å². The fraction of sp³-hybridized carbons (Fsp3) is 0.483. The third-order valence-electron chi connectivity index (χ3n) is 7.67. The van der Waals surface area contributed by atoms with Crippen molar-refractivity contribution in [2.24, 2.45) is 5.92 Å². The van der Waals surface area contributed by atoms with E-state index in [2.05, 4.69) is 68.8 Å². The Kier molecular flexibility index (Phi) is 8.03. The fourth-order valence-corrected chi connectivity index (χ4v) is 6.40. The van der Waals surface area contributed by atoms with Crippen LogP contribution < -0.4 is 14.4 Å². The number of carbonyl (C=O) groups is 1. The summed E-state index contributed by atoms with van der Waals surface area (Å²) in [5, 5.41) is 4.59. The number of aromatic nitrogens is 3. The minimum absolute atomic E-state index is 0.0187. The zero-order chi connectivity index (χ0) is 29.5. The van der Waals surface area contributed by atoms with Crippen LogP contribution >= 0.6 is 10.0 Å². The maximum Gasteiger partial charge on any atom is 0.268 e. The van der Waals surface area contributed by atoms with Crippen molar-refractivity contribution in [1.82, 2.24) is 19.5 Å². The van der Waals surface area contributed by atoms with E-state index in [9.17, 15) is 13.2 Å². The summed E-state index contributed by atoms with van der Waals surface area (Å²) in [6.45, 7) is 13.7. The van der Waals surface area contributed by atoms with Crippen molar-refractivity contribution >= 4 is 31.8 Å². The molecular weight excluding hydrogens is 546 g/mol. The van der Waals surface area contributed by atoms with Crippen LogP contribution in [0.5, 0.6) is 5.88 Å². The van der Waals surface area contributed by atoms with Crippen molar-refractivity contribution in [3.63, 3.8) is 0 Å². The number of carbonyl (C=O) groups excluding carboxylic acids is 1. The summed E-state index contributed by atoms with van der Waals surface area (Å²) in [6, 6.07) is 12.9. The Morgan fingerprint density at radius 3 is 2.38 bits per heavy atom. The van der Waals surface area contributed by atoms with Crippen LogP contribution in [-0.4, -0.2) is 64.4 Å². The van der Waals surface area contributed by atoms with E-state index in [0.29, 0.717) is 35.9 Å². The Bertz CT molecular complexity index is 1480. The van der Waals surface area contributed by atoms with Gasteiger partial charge in [-0.3, -0.25) is 4.79 Å². The summed E-state index contributed by atoms with van der Waals surface area (Å²) in [6.07, 6.45) is 7.18. The first-order valence-corrected chi connectivity index (χ1v) is 17.4. The smallest absolute Gasteiger partial charge is 0.268 e. The van der Waals surface area contributed by atoms with Crippen LogP contribution in [0.2, 0.25) is 0 Å². The number of amides is 1. The zero-order valence-electron chi connectivity index (χ0n) is 24.6. The van der Waals surface area contributed by atoms with Gasteiger partial charge >= 0.3 is 0 Å². The van der Waals surface area contributed by atoms with Crippen molar-refractivity contribution in [1.29, 1.82) is 0 Å². The quantitative estimate of drug-likeness (QED) is 0.386. The molecule has 4 rings (SSSR count). The van der Waals surface area contributed by atoms with E-state index in [1.165, 1.54) is 12.1 Å². The first kappa shape index (κ1) is 29.9. The molecule has 0 spiro atoms. The van der Waals surface area contributed by atoms with Crippen LogP contribution in [-0.2, 0) is 10.0 Å². The number of sulfonamides is 1. The Hall–Kier alpha value is -3.05. The molecule has 0 unspecified atom stereocenters. The number of rotatable bonds is 8. The molecule has 1 saturated heterocycles. The van der Waals surface area contributed by atoms with Gasteiger partial charge in [0, 0.05) is 24.3 Å². The van der Waals surface area contributed by atoms with Gasteiger partial charge in [-0.05, 0) is 67.7 Å². The number of hydrogen-bond donors (Lipinski definition) is 1. The van der Waals surface area contributed by atoms with Crippen LogP contribution in [0, 0.1) is 5.92 Å².